The molecule has 2 aliphatic rings. The van der Waals surface area contributed by atoms with E-state index in [-0.39, 0.29) is 28.4 Å². The third-order valence-electron chi connectivity index (χ3n) is 19.2. The van der Waals surface area contributed by atoms with E-state index in [0.29, 0.717) is 0 Å². The van der Waals surface area contributed by atoms with Gasteiger partial charge in [0.2, 0.25) is 0 Å². The second-order valence-corrected chi connectivity index (χ2v) is 29.4. The number of aromatic nitrogens is 2. The molecule has 0 saturated carbocycles. The van der Waals surface area contributed by atoms with Crippen LogP contribution in [-0.4, -0.2) is 15.8 Å². The lowest BCUT2D eigenvalue weighted by atomic mass is 9.33. The quantitative estimate of drug-likeness (QED) is 0.128. The fourth-order valence-electron chi connectivity index (χ4n) is 14.2. The van der Waals surface area contributed by atoms with Gasteiger partial charge >= 0.3 is 0 Å². The van der Waals surface area contributed by atoms with Crippen molar-refractivity contribution >= 4 is 117 Å². The summed E-state index contributed by atoms with van der Waals surface area (Å²) in [6.45, 7) is 34.0. The Kier molecular flexibility index (Phi) is 12.6. The van der Waals surface area contributed by atoms with E-state index < -0.39 is 0 Å². The van der Waals surface area contributed by atoms with Crippen LogP contribution >= 0.6 is 0 Å². The first-order valence-corrected chi connectivity index (χ1v) is 31.7. The van der Waals surface area contributed by atoms with Crippen LogP contribution in [0.4, 0.5) is 22.7 Å². The van der Waals surface area contributed by atoms with E-state index in [0.717, 1.165) is 78.3 Å². The van der Waals surface area contributed by atoms with E-state index in [9.17, 15) is 0 Å². The fourth-order valence-corrected chi connectivity index (χ4v) is 14.2. The number of anilines is 4. The number of nitrogens with zero attached hydrogens (tertiary/aromatic N) is 3. The van der Waals surface area contributed by atoms with Crippen molar-refractivity contribution < 1.29 is 4.42 Å². The SMILES string of the molecule is C=C/C=C\C(=C\N1c2cc(-n3c4ccc(C(C)(C)C)cc4c4cc(C(C)(C)C)ccc43)ccc2B2c3ccc(-n4c5ccc(C(C)(C)C)cc5c5cc(C(C)(C)C)ccc54)cc3Nc3cc(-c4ccc5oc6ccccc6c5c4)cc1c32)c1cccc(C)c1. The minimum Gasteiger partial charge on any atom is -0.456 e. The molecule has 0 fully saturated rings. The Hall–Kier alpha value is -9.52. The summed E-state index contributed by atoms with van der Waals surface area (Å²) < 4.78 is 11.5. The summed E-state index contributed by atoms with van der Waals surface area (Å²) in [7, 11) is 0. The number of aryl methyl sites for hydroxylation is 1. The van der Waals surface area contributed by atoms with Crippen LogP contribution in [-0.2, 0) is 21.7 Å². The van der Waals surface area contributed by atoms with Crippen LogP contribution in [0.1, 0.15) is 116 Å². The summed E-state index contributed by atoms with van der Waals surface area (Å²) in [6.07, 6.45) is 8.51. The van der Waals surface area contributed by atoms with Crippen molar-refractivity contribution in [3.05, 3.63) is 252 Å². The second kappa shape index (κ2) is 20.0. The monoisotopic (exact) mass is 1160 g/mol. The molecule has 0 atom stereocenters. The fraction of sp³-hybridized carbons (Fsp3) is 0.205. The summed E-state index contributed by atoms with van der Waals surface area (Å²) >= 11 is 0. The van der Waals surface area contributed by atoms with Crippen molar-refractivity contribution in [3.63, 3.8) is 0 Å². The predicted octanol–water partition coefficient (Wildman–Crippen LogP) is 20.8. The molecule has 1 N–H and O–H groups in total. The maximum Gasteiger partial charge on any atom is 0.252 e. The van der Waals surface area contributed by atoms with Crippen molar-refractivity contribution in [2.45, 2.75) is 112 Å². The zero-order valence-corrected chi connectivity index (χ0v) is 53.7. The number of nitrogens with one attached hydrogen (secondary N) is 1. The number of allylic oxidation sites excluding steroid dienone is 4. The molecule has 0 bridgehead atoms. The summed E-state index contributed by atoms with van der Waals surface area (Å²) in [4.78, 5) is 2.49. The number of furan rings is 1. The van der Waals surface area contributed by atoms with Gasteiger partial charge in [-0.1, -0.05) is 198 Å². The van der Waals surface area contributed by atoms with Gasteiger partial charge in [-0.2, -0.15) is 0 Å². The number of fused-ring (bicyclic) bond motifs is 13. The molecule has 3 aromatic heterocycles. The van der Waals surface area contributed by atoms with E-state index in [2.05, 4.69) is 316 Å². The Bertz CT molecular complexity index is 5060. The molecular formula is C83H77BN4O. The van der Waals surface area contributed by atoms with E-state index in [1.54, 1.807) is 0 Å². The highest BCUT2D eigenvalue weighted by molar-refractivity contribution is 7.00. The van der Waals surface area contributed by atoms with Gasteiger partial charge in [-0.15, -0.1) is 0 Å². The maximum atomic E-state index is 6.45. The zero-order valence-electron chi connectivity index (χ0n) is 53.7. The van der Waals surface area contributed by atoms with Gasteiger partial charge in [0.25, 0.3) is 6.71 Å². The van der Waals surface area contributed by atoms with Crippen molar-refractivity contribution in [2.75, 3.05) is 10.2 Å². The van der Waals surface area contributed by atoms with E-state index in [4.69, 9.17) is 4.42 Å². The van der Waals surface area contributed by atoms with E-state index in [1.807, 2.05) is 12.1 Å². The van der Waals surface area contributed by atoms with Gasteiger partial charge in [0.05, 0.1) is 22.1 Å². The summed E-state index contributed by atoms with van der Waals surface area (Å²) in [5.74, 6) is 0. The highest BCUT2D eigenvalue weighted by atomic mass is 16.3. The van der Waals surface area contributed by atoms with Gasteiger partial charge in [0.1, 0.15) is 11.2 Å². The number of benzene rings is 10. The highest BCUT2D eigenvalue weighted by Gasteiger charge is 2.41. The van der Waals surface area contributed by atoms with Crippen LogP contribution in [0.25, 0.3) is 93.6 Å². The third kappa shape index (κ3) is 9.28. The van der Waals surface area contributed by atoms with Gasteiger partial charge in [-0.3, -0.25) is 0 Å². The Morgan fingerprint density at radius 2 is 0.989 bits per heavy atom. The van der Waals surface area contributed by atoms with Gasteiger partial charge in [-0.05, 0) is 193 Å². The van der Waals surface area contributed by atoms with Crippen LogP contribution in [0.2, 0.25) is 0 Å². The molecule has 0 spiro atoms. The predicted molar refractivity (Wildman–Crippen MR) is 384 cm³/mol. The number of hydrogen-bond donors (Lipinski definition) is 1. The number of hydrogen-bond acceptors (Lipinski definition) is 3. The summed E-state index contributed by atoms with van der Waals surface area (Å²) in [5, 5.41) is 11.5. The van der Waals surface area contributed by atoms with Gasteiger partial charge in [0, 0.05) is 72.6 Å². The first-order valence-electron chi connectivity index (χ1n) is 31.7. The van der Waals surface area contributed by atoms with Crippen molar-refractivity contribution in [3.8, 4) is 22.5 Å². The number of rotatable bonds is 7. The largest absolute Gasteiger partial charge is 0.456 e. The molecule has 0 aliphatic carbocycles. The summed E-state index contributed by atoms with van der Waals surface area (Å²) in [5.41, 5.74) is 27.7. The Labute approximate surface area is 524 Å². The minimum atomic E-state index is -0.122. The van der Waals surface area contributed by atoms with E-state index in [1.165, 1.54) is 87.8 Å². The molecule has 0 radical (unpaired) electrons. The van der Waals surface area contributed by atoms with Crippen molar-refractivity contribution in [2.24, 2.45) is 0 Å². The average molecular weight is 1160 g/mol. The van der Waals surface area contributed by atoms with Gasteiger partial charge in [0.15, 0.2) is 0 Å². The van der Waals surface area contributed by atoms with Crippen LogP contribution in [0.3, 0.4) is 0 Å². The Balaban J connectivity index is 1.01. The maximum absolute atomic E-state index is 6.45. The molecule has 5 nitrogen and oxygen atoms in total. The van der Waals surface area contributed by atoms with Crippen molar-refractivity contribution in [1.29, 1.82) is 0 Å². The molecule has 5 heterocycles. The Morgan fingerprint density at radius 3 is 1.54 bits per heavy atom. The average Bonchev–Trinajstić information content (AvgIpc) is 0.934. The highest BCUT2D eigenvalue weighted by Crippen LogP contribution is 2.45. The standard InChI is InChI=1S/C83H77BN4O/c1-15-16-21-53(51-22-19-20-50(2)39-51)49-86-75-48-60(88-73-36-28-57(82(9,10)11)45-64(73)65-46-58(83(12,13)14)29-37-74(65)88)31-33-68(75)84-67-32-30-59(87-71-34-26-55(80(3,4)5)43-62(71)63-44-56(81(6,7)8)27-35-72(63)87)47-69(67)85-70-41-54(42-76(86)79(70)84)52-25-38-78-66(40-52)61-23-17-18-24-77(61)89-78/h15-49,85H,1H2,2-14H3/b21-16-,53-49-. The van der Waals surface area contributed by atoms with Crippen LogP contribution < -0.4 is 26.6 Å². The van der Waals surface area contributed by atoms with Gasteiger partial charge in [-0.25, -0.2) is 0 Å². The first-order chi connectivity index (χ1) is 42.5. The van der Waals surface area contributed by atoms with E-state index >= 15 is 0 Å². The first kappa shape index (κ1) is 56.0. The number of para-hydroxylation sites is 1. The molecule has 0 amide bonds. The lowest BCUT2D eigenvalue weighted by molar-refractivity contribution is 0.590. The zero-order chi connectivity index (χ0) is 61.8. The molecule has 2 aliphatic heterocycles. The van der Waals surface area contributed by atoms with Crippen LogP contribution in [0.15, 0.2) is 223 Å². The lowest BCUT2D eigenvalue weighted by Gasteiger charge is -2.40. The normalized spacial score (nSPS) is 13.8. The molecule has 10 aromatic carbocycles. The lowest BCUT2D eigenvalue weighted by Crippen LogP contribution is -2.60. The smallest absolute Gasteiger partial charge is 0.252 e. The molecule has 438 valence electrons. The third-order valence-corrected chi connectivity index (χ3v) is 19.2. The van der Waals surface area contributed by atoms with Gasteiger partial charge < -0.3 is 23.8 Å². The Morgan fingerprint density at radius 1 is 0.449 bits per heavy atom. The second-order valence-electron chi connectivity index (χ2n) is 29.4. The van der Waals surface area contributed by atoms with Crippen LogP contribution in [0, 0.1) is 6.92 Å². The summed E-state index contributed by atoms with van der Waals surface area (Å²) in [6, 6.07) is 71.7. The molecule has 15 rings (SSSR count). The molecule has 13 aromatic rings. The van der Waals surface area contributed by atoms with Crippen LogP contribution in [0.5, 0.6) is 0 Å². The molecular weight excluding hydrogens is 1080 g/mol. The molecule has 89 heavy (non-hydrogen) atoms. The topological polar surface area (TPSA) is 38.3 Å². The minimum absolute atomic E-state index is 0.00815. The molecule has 0 unspecified atom stereocenters. The van der Waals surface area contributed by atoms with Crippen molar-refractivity contribution in [1.82, 2.24) is 9.13 Å². The molecule has 0 saturated heterocycles. The molecule has 6 heteroatoms.